The maximum atomic E-state index is 12.7. The fraction of sp³-hybridized carbons (Fsp3) is 0.667. The molecule has 2 atom stereocenters. The molecule has 2 aliphatic heterocycles. The van der Waals surface area contributed by atoms with Gasteiger partial charge in [-0.1, -0.05) is 6.92 Å². The minimum atomic E-state index is 0.00877. The van der Waals surface area contributed by atoms with Gasteiger partial charge in [0, 0.05) is 50.9 Å². The third-order valence-corrected chi connectivity index (χ3v) is 4.74. The van der Waals surface area contributed by atoms with Gasteiger partial charge in [0.2, 0.25) is 5.91 Å². The lowest BCUT2D eigenvalue weighted by Crippen LogP contribution is -2.64. The average molecular weight is 332 g/mol. The number of amides is 1. The van der Waals surface area contributed by atoms with Gasteiger partial charge in [-0.25, -0.2) is 0 Å². The van der Waals surface area contributed by atoms with Crippen LogP contribution in [0.5, 0.6) is 5.75 Å². The van der Waals surface area contributed by atoms with E-state index >= 15 is 0 Å². The number of carbonyl (C=O) groups excluding carboxylic acids is 1. The largest absolute Gasteiger partial charge is 0.489 e. The first-order valence-corrected chi connectivity index (χ1v) is 8.90. The van der Waals surface area contributed by atoms with Gasteiger partial charge >= 0.3 is 0 Å². The Labute approximate surface area is 144 Å². The Morgan fingerprint density at radius 3 is 2.83 bits per heavy atom. The summed E-state index contributed by atoms with van der Waals surface area (Å²) in [6.07, 6.45) is 1.92. The van der Waals surface area contributed by atoms with Crippen LogP contribution >= 0.6 is 0 Å². The molecular weight excluding hydrogens is 304 g/mol. The second kappa shape index (κ2) is 7.49. The van der Waals surface area contributed by atoms with E-state index in [4.69, 9.17) is 4.74 Å². The third kappa shape index (κ3) is 3.87. The zero-order valence-electron chi connectivity index (χ0n) is 14.9. The van der Waals surface area contributed by atoms with Gasteiger partial charge in [-0.2, -0.15) is 0 Å². The third-order valence-electron chi connectivity index (χ3n) is 4.74. The molecule has 1 aromatic rings. The summed E-state index contributed by atoms with van der Waals surface area (Å²) in [6.45, 7) is 11.4. The van der Waals surface area contributed by atoms with E-state index in [-0.39, 0.29) is 24.0 Å². The number of hydrogen-bond acceptors (Lipinski definition) is 5. The fourth-order valence-electron chi connectivity index (χ4n) is 3.46. The number of piperazine rings is 2. The van der Waals surface area contributed by atoms with Crippen LogP contribution in [0.2, 0.25) is 0 Å². The number of hydrogen-bond donors (Lipinski definition) is 1. The van der Waals surface area contributed by atoms with Gasteiger partial charge in [0.25, 0.3) is 0 Å². The van der Waals surface area contributed by atoms with E-state index in [1.54, 1.807) is 6.20 Å². The van der Waals surface area contributed by atoms with Crippen LogP contribution < -0.4 is 10.1 Å². The molecule has 0 radical (unpaired) electrons. The van der Waals surface area contributed by atoms with Crippen molar-refractivity contribution in [3.63, 3.8) is 0 Å². The summed E-state index contributed by atoms with van der Waals surface area (Å²) < 4.78 is 5.64. The SMILES string of the molecule is CC(C)Oc1ccc(C(C)CN2CCN3CCNC[C@@H]3C2=O)nc1. The zero-order valence-corrected chi connectivity index (χ0v) is 14.9. The highest BCUT2D eigenvalue weighted by Gasteiger charge is 2.36. The molecule has 3 rings (SSSR count). The topological polar surface area (TPSA) is 57.7 Å². The number of carbonyl (C=O) groups is 1. The summed E-state index contributed by atoms with van der Waals surface area (Å²) in [5.41, 5.74) is 1.00. The molecule has 0 spiro atoms. The Morgan fingerprint density at radius 2 is 2.12 bits per heavy atom. The Bertz CT molecular complexity index is 561. The van der Waals surface area contributed by atoms with Gasteiger partial charge in [0.05, 0.1) is 12.3 Å². The van der Waals surface area contributed by atoms with Crippen molar-refractivity contribution in [3.05, 3.63) is 24.0 Å². The predicted octanol–water partition coefficient (Wildman–Crippen LogP) is 1.09. The molecular formula is C18H28N4O2. The maximum absolute atomic E-state index is 12.7. The molecule has 1 aromatic heterocycles. The summed E-state index contributed by atoms with van der Waals surface area (Å²) >= 11 is 0. The van der Waals surface area contributed by atoms with Crippen LogP contribution in [0, 0.1) is 0 Å². The number of aromatic nitrogens is 1. The van der Waals surface area contributed by atoms with Crippen molar-refractivity contribution in [2.75, 3.05) is 39.3 Å². The Morgan fingerprint density at radius 1 is 1.29 bits per heavy atom. The van der Waals surface area contributed by atoms with Crippen molar-refractivity contribution < 1.29 is 9.53 Å². The fourth-order valence-corrected chi connectivity index (χ4v) is 3.46. The van der Waals surface area contributed by atoms with Crippen molar-refractivity contribution in [3.8, 4) is 5.75 Å². The van der Waals surface area contributed by atoms with Crippen molar-refractivity contribution in [1.29, 1.82) is 0 Å². The van der Waals surface area contributed by atoms with Crippen LogP contribution in [0.15, 0.2) is 18.3 Å². The van der Waals surface area contributed by atoms with Crippen molar-refractivity contribution in [2.45, 2.75) is 38.8 Å². The molecule has 0 aromatic carbocycles. The standard InChI is InChI=1S/C18H28N4O2/c1-13(2)24-15-4-5-16(20-10-15)14(3)12-22-9-8-21-7-6-19-11-17(21)18(22)23/h4-5,10,13-14,17,19H,6-9,11-12H2,1-3H3/t14?,17-/m1/s1. The highest BCUT2D eigenvalue weighted by molar-refractivity contribution is 5.83. The lowest BCUT2D eigenvalue weighted by atomic mass is 10.0. The zero-order chi connectivity index (χ0) is 17.1. The first-order valence-electron chi connectivity index (χ1n) is 8.90. The van der Waals surface area contributed by atoms with E-state index in [1.165, 1.54) is 0 Å². The van der Waals surface area contributed by atoms with Gasteiger partial charge in [0.1, 0.15) is 11.8 Å². The second-order valence-electron chi connectivity index (χ2n) is 7.03. The van der Waals surface area contributed by atoms with E-state index in [0.717, 1.165) is 50.7 Å². The number of fused-ring (bicyclic) bond motifs is 1. The molecule has 1 N–H and O–H groups in total. The van der Waals surface area contributed by atoms with E-state index in [1.807, 2.05) is 30.9 Å². The van der Waals surface area contributed by atoms with Gasteiger partial charge in [-0.3, -0.25) is 14.7 Å². The van der Waals surface area contributed by atoms with Crippen LogP contribution in [0.3, 0.4) is 0 Å². The Kier molecular flexibility index (Phi) is 5.36. The molecule has 0 aliphatic carbocycles. The molecule has 1 amide bonds. The lowest BCUT2D eigenvalue weighted by molar-refractivity contribution is -0.142. The Hall–Kier alpha value is -1.66. The van der Waals surface area contributed by atoms with Crippen molar-refractivity contribution in [2.24, 2.45) is 0 Å². The summed E-state index contributed by atoms with van der Waals surface area (Å²) in [6, 6.07) is 3.98. The van der Waals surface area contributed by atoms with Crippen LogP contribution in [0.1, 0.15) is 32.4 Å². The molecule has 24 heavy (non-hydrogen) atoms. The van der Waals surface area contributed by atoms with Crippen LogP contribution in [0.4, 0.5) is 0 Å². The van der Waals surface area contributed by atoms with Crippen LogP contribution in [-0.2, 0) is 4.79 Å². The van der Waals surface area contributed by atoms with E-state index in [9.17, 15) is 4.79 Å². The van der Waals surface area contributed by atoms with Crippen LogP contribution in [0.25, 0.3) is 0 Å². The first-order chi connectivity index (χ1) is 11.5. The number of nitrogens with zero attached hydrogens (tertiary/aromatic N) is 3. The number of nitrogens with one attached hydrogen (secondary N) is 1. The minimum absolute atomic E-state index is 0.00877. The monoisotopic (exact) mass is 332 g/mol. The van der Waals surface area contributed by atoms with Gasteiger partial charge in [-0.05, 0) is 26.0 Å². The van der Waals surface area contributed by atoms with E-state index in [2.05, 4.69) is 22.1 Å². The molecule has 2 saturated heterocycles. The molecule has 6 nitrogen and oxygen atoms in total. The number of rotatable bonds is 5. The highest BCUT2D eigenvalue weighted by atomic mass is 16.5. The van der Waals surface area contributed by atoms with E-state index < -0.39 is 0 Å². The van der Waals surface area contributed by atoms with Crippen LogP contribution in [-0.4, -0.2) is 72.1 Å². The first kappa shape index (κ1) is 17.2. The van der Waals surface area contributed by atoms with Gasteiger partial charge < -0.3 is 15.0 Å². The average Bonchev–Trinajstić information content (AvgIpc) is 2.57. The maximum Gasteiger partial charge on any atom is 0.241 e. The molecule has 3 heterocycles. The summed E-state index contributed by atoms with van der Waals surface area (Å²) in [4.78, 5) is 21.5. The summed E-state index contributed by atoms with van der Waals surface area (Å²) in [5, 5.41) is 3.33. The smallest absolute Gasteiger partial charge is 0.241 e. The van der Waals surface area contributed by atoms with Gasteiger partial charge in [0.15, 0.2) is 0 Å². The number of ether oxygens (including phenoxy) is 1. The van der Waals surface area contributed by atoms with E-state index in [0.29, 0.717) is 0 Å². The minimum Gasteiger partial charge on any atom is -0.489 e. The molecule has 6 heteroatoms. The quantitative estimate of drug-likeness (QED) is 0.875. The normalized spacial score (nSPS) is 23.2. The Balaban J connectivity index is 1.60. The summed E-state index contributed by atoms with van der Waals surface area (Å²) in [5.74, 6) is 1.25. The van der Waals surface area contributed by atoms with Crippen molar-refractivity contribution in [1.82, 2.24) is 20.1 Å². The molecule has 132 valence electrons. The van der Waals surface area contributed by atoms with Gasteiger partial charge in [-0.15, -0.1) is 0 Å². The molecule has 0 bridgehead atoms. The molecule has 2 fully saturated rings. The highest BCUT2D eigenvalue weighted by Crippen LogP contribution is 2.21. The lowest BCUT2D eigenvalue weighted by Gasteiger charge is -2.43. The predicted molar refractivity (Wildman–Crippen MR) is 93.2 cm³/mol. The van der Waals surface area contributed by atoms with Crippen molar-refractivity contribution >= 4 is 5.91 Å². The number of pyridine rings is 1. The molecule has 1 unspecified atom stereocenters. The second-order valence-corrected chi connectivity index (χ2v) is 7.03. The summed E-state index contributed by atoms with van der Waals surface area (Å²) in [7, 11) is 0. The molecule has 2 aliphatic rings. The molecule has 0 saturated carbocycles.